The molecule has 1 aromatic heterocycles. The fraction of sp³-hybridized carbons (Fsp3) is 0.364. The van der Waals surface area contributed by atoms with Gasteiger partial charge in [-0.15, -0.1) is 0 Å². The zero-order valence-corrected chi connectivity index (χ0v) is 8.85. The molecule has 5 nitrogen and oxygen atoms in total. The van der Waals surface area contributed by atoms with Crippen LogP contribution in [-0.4, -0.2) is 41.3 Å². The Bertz CT molecular complexity index is 375. The van der Waals surface area contributed by atoms with E-state index in [9.17, 15) is 9.59 Å². The molecule has 1 aliphatic heterocycles. The highest BCUT2D eigenvalue weighted by Gasteiger charge is 2.21. The summed E-state index contributed by atoms with van der Waals surface area (Å²) in [5.74, 6) is -0.449. The SMILES string of the molecule is O=C1CN(CCc2ccccn2)CC(=O)N1. The second kappa shape index (κ2) is 4.85. The normalized spacial score (nSPS) is 17.2. The van der Waals surface area contributed by atoms with E-state index in [2.05, 4.69) is 10.3 Å². The van der Waals surface area contributed by atoms with Crippen molar-refractivity contribution >= 4 is 11.8 Å². The number of hydrogen-bond donors (Lipinski definition) is 1. The van der Waals surface area contributed by atoms with Crippen LogP contribution in [0.1, 0.15) is 5.69 Å². The molecule has 0 bridgehead atoms. The van der Waals surface area contributed by atoms with Crippen molar-refractivity contribution in [3.63, 3.8) is 0 Å². The molecule has 0 atom stereocenters. The molecular weight excluding hydrogens is 206 g/mol. The zero-order chi connectivity index (χ0) is 11.4. The Morgan fingerprint density at radius 3 is 2.62 bits per heavy atom. The summed E-state index contributed by atoms with van der Waals surface area (Å²) >= 11 is 0. The van der Waals surface area contributed by atoms with Gasteiger partial charge in [-0.3, -0.25) is 24.8 Å². The number of imide groups is 1. The fourth-order valence-electron chi connectivity index (χ4n) is 1.67. The van der Waals surface area contributed by atoms with Gasteiger partial charge in [0, 0.05) is 24.9 Å². The molecule has 1 N–H and O–H groups in total. The van der Waals surface area contributed by atoms with Crippen LogP contribution in [0.3, 0.4) is 0 Å². The van der Waals surface area contributed by atoms with Crippen molar-refractivity contribution in [3.8, 4) is 0 Å². The Morgan fingerprint density at radius 1 is 1.25 bits per heavy atom. The molecule has 0 saturated carbocycles. The number of rotatable bonds is 3. The summed E-state index contributed by atoms with van der Waals surface area (Å²) in [7, 11) is 0. The molecule has 0 aliphatic carbocycles. The maximum absolute atomic E-state index is 11.1. The third kappa shape index (κ3) is 2.87. The van der Waals surface area contributed by atoms with Gasteiger partial charge < -0.3 is 0 Å². The lowest BCUT2D eigenvalue weighted by Crippen LogP contribution is -2.51. The van der Waals surface area contributed by atoms with Crippen molar-refractivity contribution in [3.05, 3.63) is 30.1 Å². The van der Waals surface area contributed by atoms with Gasteiger partial charge in [0.05, 0.1) is 13.1 Å². The average molecular weight is 219 g/mol. The first-order valence-electron chi connectivity index (χ1n) is 5.19. The highest BCUT2D eigenvalue weighted by atomic mass is 16.2. The van der Waals surface area contributed by atoms with E-state index in [1.165, 1.54) is 0 Å². The van der Waals surface area contributed by atoms with Crippen LogP contribution >= 0.6 is 0 Å². The summed E-state index contributed by atoms with van der Waals surface area (Å²) in [5, 5.41) is 2.27. The van der Waals surface area contributed by atoms with Crippen LogP contribution in [-0.2, 0) is 16.0 Å². The first kappa shape index (κ1) is 10.8. The van der Waals surface area contributed by atoms with E-state index < -0.39 is 0 Å². The minimum absolute atomic E-state index is 0.225. The molecular formula is C11H13N3O2. The van der Waals surface area contributed by atoms with Gasteiger partial charge in [-0.25, -0.2) is 0 Å². The van der Waals surface area contributed by atoms with E-state index in [0.717, 1.165) is 12.1 Å². The van der Waals surface area contributed by atoms with Crippen molar-refractivity contribution in [1.82, 2.24) is 15.2 Å². The molecule has 0 spiro atoms. The first-order chi connectivity index (χ1) is 7.74. The minimum atomic E-state index is -0.225. The van der Waals surface area contributed by atoms with Crippen molar-refractivity contribution < 1.29 is 9.59 Å². The molecule has 1 aliphatic rings. The molecule has 2 amide bonds. The van der Waals surface area contributed by atoms with Gasteiger partial charge in [0.25, 0.3) is 0 Å². The molecule has 16 heavy (non-hydrogen) atoms. The van der Waals surface area contributed by atoms with Crippen molar-refractivity contribution in [2.24, 2.45) is 0 Å². The van der Waals surface area contributed by atoms with E-state index in [1.54, 1.807) is 6.20 Å². The van der Waals surface area contributed by atoms with Crippen LogP contribution in [0.2, 0.25) is 0 Å². The Morgan fingerprint density at radius 2 is 2.00 bits per heavy atom. The van der Waals surface area contributed by atoms with Crippen LogP contribution in [0.25, 0.3) is 0 Å². The molecule has 0 unspecified atom stereocenters. The van der Waals surface area contributed by atoms with Crippen molar-refractivity contribution in [1.29, 1.82) is 0 Å². The quantitative estimate of drug-likeness (QED) is 0.701. The van der Waals surface area contributed by atoms with Gasteiger partial charge in [-0.2, -0.15) is 0 Å². The molecule has 2 rings (SSSR count). The largest absolute Gasteiger partial charge is 0.294 e. The highest BCUT2D eigenvalue weighted by molar-refractivity contribution is 5.99. The number of amides is 2. The zero-order valence-electron chi connectivity index (χ0n) is 8.85. The number of aromatic nitrogens is 1. The third-order valence-corrected chi connectivity index (χ3v) is 2.42. The predicted octanol–water partition coefficient (Wildman–Crippen LogP) is -0.418. The van der Waals surface area contributed by atoms with Gasteiger partial charge in [0.1, 0.15) is 0 Å². The topological polar surface area (TPSA) is 62.3 Å². The summed E-state index contributed by atoms with van der Waals surface area (Å²) in [4.78, 5) is 28.2. The number of nitrogens with one attached hydrogen (secondary N) is 1. The Kier molecular flexibility index (Phi) is 3.26. The molecule has 1 fully saturated rings. The lowest BCUT2D eigenvalue weighted by molar-refractivity contribution is -0.135. The maximum atomic E-state index is 11.1. The summed E-state index contributed by atoms with van der Waals surface area (Å²) < 4.78 is 0. The Balaban J connectivity index is 1.86. The summed E-state index contributed by atoms with van der Waals surface area (Å²) in [6.45, 7) is 1.26. The number of piperazine rings is 1. The van der Waals surface area contributed by atoms with Crippen molar-refractivity contribution in [2.45, 2.75) is 6.42 Å². The molecule has 2 heterocycles. The highest BCUT2D eigenvalue weighted by Crippen LogP contribution is 2.00. The average Bonchev–Trinajstić information content (AvgIpc) is 2.27. The van der Waals surface area contributed by atoms with Crippen LogP contribution in [0, 0.1) is 0 Å². The fourth-order valence-corrected chi connectivity index (χ4v) is 1.67. The summed E-state index contributed by atoms with van der Waals surface area (Å²) in [5.41, 5.74) is 0.973. The predicted molar refractivity (Wildman–Crippen MR) is 57.5 cm³/mol. The van der Waals surface area contributed by atoms with E-state index >= 15 is 0 Å². The summed E-state index contributed by atoms with van der Waals surface area (Å²) in [6.07, 6.45) is 2.49. The van der Waals surface area contributed by atoms with E-state index in [-0.39, 0.29) is 11.8 Å². The monoisotopic (exact) mass is 219 g/mol. The van der Waals surface area contributed by atoms with Crippen LogP contribution in [0.5, 0.6) is 0 Å². The molecule has 84 valence electrons. The van der Waals surface area contributed by atoms with E-state index in [4.69, 9.17) is 0 Å². The van der Waals surface area contributed by atoms with Gasteiger partial charge in [-0.1, -0.05) is 6.07 Å². The van der Waals surface area contributed by atoms with Crippen LogP contribution in [0.15, 0.2) is 24.4 Å². The first-order valence-corrected chi connectivity index (χ1v) is 5.19. The Hall–Kier alpha value is -1.75. The molecule has 1 saturated heterocycles. The number of pyridine rings is 1. The van der Waals surface area contributed by atoms with E-state index in [0.29, 0.717) is 19.6 Å². The number of hydrogen-bond acceptors (Lipinski definition) is 4. The van der Waals surface area contributed by atoms with Crippen LogP contribution in [0.4, 0.5) is 0 Å². The van der Waals surface area contributed by atoms with Crippen LogP contribution < -0.4 is 5.32 Å². The minimum Gasteiger partial charge on any atom is -0.294 e. The second-order valence-corrected chi connectivity index (χ2v) is 3.75. The maximum Gasteiger partial charge on any atom is 0.240 e. The molecule has 1 aromatic rings. The van der Waals surface area contributed by atoms with E-state index in [1.807, 2.05) is 23.1 Å². The van der Waals surface area contributed by atoms with Gasteiger partial charge in [0.15, 0.2) is 0 Å². The molecule has 5 heteroatoms. The lowest BCUT2D eigenvalue weighted by atomic mass is 10.2. The van der Waals surface area contributed by atoms with Gasteiger partial charge in [0.2, 0.25) is 11.8 Å². The lowest BCUT2D eigenvalue weighted by Gasteiger charge is -2.24. The smallest absolute Gasteiger partial charge is 0.240 e. The number of carbonyl (C=O) groups excluding carboxylic acids is 2. The molecule has 0 radical (unpaired) electrons. The number of carbonyl (C=O) groups is 2. The third-order valence-electron chi connectivity index (χ3n) is 2.42. The Labute approximate surface area is 93.5 Å². The van der Waals surface area contributed by atoms with Gasteiger partial charge in [-0.05, 0) is 12.1 Å². The standard InChI is InChI=1S/C11H13N3O2/c15-10-7-14(8-11(16)13-10)6-4-9-3-1-2-5-12-9/h1-3,5H,4,6-8H2,(H,13,15,16). The van der Waals surface area contributed by atoms with Crippen molar-refractivity contribution in [2.75, 3.05) is 19.6 Å². The molecule has 0 aromatic carbocycles. The summed E-state index contributed by atoms with van der Waals surface area (Å²) in [6, 6.07) is 5.73. The second-order valence-electron chi connectivity index (χ2n) is 3.75. The number of nitrogens with zero attached hydrogens (tertiary/aromatic N) is 2. The van der Waals surface area contributed by atoms with Gasteiger partial charge >= 0.3 is 0 Å².